The standard InChI is InChI=1S/C21H20F3NO4/c22-21(23,24)16-9-5-4-8-15(16)18(27)25-11-10-17(26)20(13-25,19(28)29)12-14-6-2-1-3-7-14/h1-9,17,26H,10-13H2,(H,28,29)/t17-,20-/m1/s1. The maximum atomic E-state index is 13.3. The highest BCUT2D eigenvalue weighted by molar-refractivity contribution is 5.96. The fourth-order valence-electron chi connectivity index (χ4n) is 3.76. The summed E-state index contributed by atoms with van der Waals surface area (Å²) in [5.41, 5.74) is -2.66. The van der Waals surface area contributed by atoms with Gasteiger partial charge in [0, 0.05) is 13.1 Å². The third-order valence-electron chi connectivity index (χ3n) is 5.32. The van der Waals surface area contributed by atoms with E-state index in [1.807, 2.05) is 0 Å². The summed E-state index contributed by atoms with van der Waals surface area (Å²) in [7, 11) is 0. The van der Waals surface area contributed by atoms with Gasteiger partial charge in [-0.2, -0.15) is 13.2 Å². The molecule has 154 valence electrons. The van der Waals surface area contributed by atoms with Crippen molar-refractivity contribution in [2.24, 2.45) is 5.41 Å². The van der Waals surface area contributed by atoms with Crippen LogP contribution >= 0.6 is 0 Å². The predicted octanol–water partition coefficient (Wildman–Crippen LogP) is 3.23. The summed E-state index contributed by atoms with van der Waals surface area (Å²) in [6.07, 6.45) is -6.04. The molecule has 0 aromatic heterocycles. The second-order valence-electron chi connectivity index (χ2n) is 7.20. The molecule has 0 aliphatic carbocycles. The zero-order valence-electron chi connectivity index (χ0n) is 15.4. The van der Waals surface area contributed by atoms with Gasteiger partial charge in [-0.25, -0.2) is 0 Å². The molecule has 2 aromatic rings. The van der Waals surface area contributed by atoms with Crippen molar-refractivity contribution < 1.29 is 33.0 Å². The maximum Gasteiger partial charge on any atom is 0.417 e. The number of carboxylic acids is 1. The summed E-state index contributed by atoms with van der Waals surface area (Å²) in [6, 6.07) is 13.0. The van der Waals surface area contributed by atoms with E-state index in [1.54, 1.807) is 30.3 Å². The highest BCUT2D eigenvalue weighted by Crippen LogP contribution is 2.37. The predicted molar refractivity (Wildman–Crippen MR) is 98.2 cm³/mol. The maximum absolute atomic E-state index is 13.3. The molecule has 29 heavy (non-hydrogen) atoms. The molecule has 2 atom stereocenters. The number of likely N-dealkylation sites (tertiary alicyclic amines) is 1. The van der Waals surface area contributed by atoms with Crippen LogP contribution in [0.4, 0.5) is 13.2 Å². The van der Waals surface area contributed by atoms with E-state index in [-0.39, 0.29) is 25.9 Å². The summed E-state index contributed by atoms with van der Waals surface area (Å²) in [5.74, 6) is -2.20. The van der Waals surface area contributed by atoms with Crippen molar-refractivity contribution in [1.82, 2.24) is 4.90 Å². The first-order valence-electron chi connectivity index (χ1n) is 9.06. The third kappa shape index (κ3) is 4.12. The van der Waals surface area contributed by atoms with E-state index in [0.29, 0.717) is 5.56 Å². The van der Waals surface area contributed by atoms with Crippen LogP contribution in [0.1, 0.15) is 27.9 Å². The number of rotatable bonds is 4. The lowest BCUT2D eigenvalue weighted by Crippen LogP contribution is -2.58. The lowest BCUT2D eigenvalue weighted by Gasteiger charge is -2.43. The molecule has 0 spiro atoms. The lowest BCUT2D eigenvalue weighted by molar-refractivity contribution is -0.162. The highest BCUT2D eigenvalue weighted by Gasteiger charge is 2.50. The van der Waals surface area contributed by atoms with Gasteiger partial charge in [0.05, 0.1) is 17.2 Å². The van der Waals surface area contributed by atoms with Gasteiger partial charge >= 0.3 is 12.1 Å². The van der Waals surface area contributed by atoms with Crippen molar-refractivity contribution in [2.45, 2.75) is 25.1 Å². The van der Waals surface area contributed by atoms with Gasteiger partial charge in [0.2, 0.25) is 0 Å². The second-order valence-corrected chi connectivity index (χ2v) is 7.20. The molecule has 5 nitrogen and oxygen atoms in total. The number of hydrogen-bond acceptors (Lipinski definition) is 3. The van der Waals surface area contributed by atoms with E-state index < -0.39 is 40.7 Å². The van der Waals surface area contributed by atoms with Crippen LogP contribution in [-0.4, -0.2) is 46.2 Å². The Kier molecular flexibility index (Phi) is 5.66. The van der Waals surface area contributed by atoms with Crippen LogP contribution in [0.5, 0.6) is 0 Å². The first-order valence-corrected chi connectivity index (χ1v) is 9.06. The van der Waals surface area contributed by atoms with E-state index in [0.717, 1.165) is 17.0 Å². The SMILES string of the molecule is O=C(c1ccccc1C(F)(F)F)N1CC[C@@H](O)[C@](Cc2ccccc2)(C(=O)O)C1. The zero-order chi connectivity index (χ0) is 21.2. The molecule has 0 saturated carbocycles. The first kappa shape index (κ1) is 20.9. The molecule has 1 saturated heterocycles. The largest absolute Gasteiger partial charge is 0.481 e. The molecule has 2 N–H and O–H groups in total. The Morgan fingerprint density at radius 2 is 1.69 bits per heavy atom. The number of amides is 1. The Morgan fingerprint density at radius 1 is 1.07 bits per heavy atom. The minimum Gasteiger partial charge on any atom is -0.481 e. The van der Waals surface area contributed by atoms with Crippen LogP contribution in [0.25, 0.3) is 0 Å². The van der Waals surface area contributed by atoms with Crippen molar-refractivity contribution in [3.63, 3.8) is 0 Å². The number of aliphatic hydroxyl groups excluding tert-OH is 1. The van der Waals surface area contributed by atoms with Crippen LogP contribution in [0.15, 0.2) is 54.6 Å². The number of carboxylic acid groups (broad SMARTS) is 1. The van der Waals surface area contributed by atoms with Gasteiger partial charge in [-0.3, -0.25) is 9.59 Å². The molecule has 1 amide bonds. The number of hydrogen-bond donors (Lipinski definition) is 2. The summed E-state index contributed by atoms with van der Waals surface area (Å²) in [5, 5.41) is 20.4. The van der Waals surface area contributed by atoms with Crippen molar-refractivity contribution >= 4 is 11.9 Å². The number of nitrogens with zero attached hydrogens (tertiary/aromatic N) is 1. The fourth-order valence-corrected chi connectivity index (χ4v) is 3.76. The molecule has 1 aliphatic heterocycles. The van der Waals surface area contributed by atoms with Gasteiger partial charge < -0.3 is 15.1 Å². The number of carbonyl (C=O) groups excluding carboxylic acids is 1. The number of benzene rings is 2. The summed E-state index contributed by atoms with van der Waals surface area (Å²) in [6.45, 7) is -0.417. The van der Waals surface area contributed by atoms with E-state index >= 15 is 0 Å². The summed E-state index contributed by atoms with van der Waals surface area (Å²) in [4.78, 5) is 26.1. The molecule has 1 aliphatic rings. The van der Waals surface area contributed by atoms with Crippen molar-refractivity contribution in [3.8, 4) is 0 Å². The first-order chi connectivity index (χ1) is 13.6. The molecule has 1 fully saturated rings. The average Bonchev–Trinajstić information content (AvgIpc) is 2.69. The molecule has 0 bridgehead atoms. The highest BCUT2D eigenvalue weighted by atomic mass is 19.4. The van der Waals surface area contributed by atoms with Crippen LogP contribution in [0.2, 0.25) is 0 Å². The third-order valence-corrected chi connectivity index (χ3v) is 5.32. The van der Waals surface area contributed by atoms with E-state index in [2.05, 4.69) is 0 Å². The number of piperidine rings is 1. The van der Waals surface area contributed by atoms with Crippen molar-refractivity contribution in [1.29, 1.82) is 0 Å². The number of aliphatic carboxylic acids is 1. The smallest absolute Gasteiger partial charge is 0.417 e. The monoisotopic (exact) mass is 407 g/mol. The Balaban J connectivity index is 1.95. The van der Waals surface area contributed by atoms with Crippen molar-refractivity contribution in [3.05, 3.63) is 71.3 Å². The summed E-state index contributed by atoms with van der Waals surface area (Å²) < 4.78 is 39.9. The minimum absolute atomic E-state index is 0.0317. The Bertz CT molecular complexity index is 900. The van der Waals surface area contributed by atoms with Crippen LogP contribution < -0.4 is 0 Å². The molecule has 1 heterocycles. The minimum atomic E-state index is -4.71. The zero-order valence-corrected chi connectivity index (χ0v) is 15.4. The average molecular weight is 407 g/mol. The Labute approximate surface area is 165 Å². The van der Waals surface area contributed by atoms with Crippen LogP contribution in [0, 0.1) is 5.41 Å². The molecular formula is C21H20F3NO4. The quantitative estimate of drug-likeness (QED) is 0.816. The van der Waals surface area contributed by atoms with E-state index in [9.17, 15) is 33.0 Å². The van der Waals surface area contributed by atoms with Crippen LogP contribution in [-0.2, 0) is 17.4 Å². The van der Waals surface area contributed by atoms with Gasteiger partial charge in [-0.05, 0) is 30.5 Å². The van der Waals surface area contributed by atoms with E-state index in [1.165, 1.54) is 12.1 Å². The van der Waals surface area contributed by atoms with Gasteiger partial charge in [-0.1, -0.05) is 42.5 Å². The summed E-state index contributed by atoms with van der Waals surface area (Å²) >= 11 is 0. The van der Waals surface area contributed by atoms with Gasteiger partial charge in [0.15, 0.2) is 0 Å². The Hall–Kier alpha value is -2.87. The molecule has 3 rings (SSSR count). The number of carbonyl (C=O) groups is 2. The molecule has 0 unspecified atom stereocenters. The van der Waals surface area contributed by atoms with Crippen LogP contribution in [0.3, 0.4) is 0 Å². The lowest BCUT2D eigenvalue weighted by atomic mass is 9.72. The molecular weight excluding hydrogens is 387 g/mol. The number of alkyl halides is 3. The second kappa shape index (κ2) is 7.87. The van der Waals surface area contributed by atoms with Gasteiger partial charge in [-0.15, -0.1) is 0 Å². The number of halogens is 3. The fraction of sp³-hybridized carbons (Fsp3) is 0.333. The van der Waals surface area contributed by atoms with Crippen molar-refractivity contribution in [2.75, 3.05) is 13.1 Å². The molecule has 2 aromatic carbocycles. The Morgan fingerprint density at radius 3 is 2.31 bits per heavy atom. The topological polar surface area (TPSA) is 77.8 Å². The van der Waals surface area contributed by atoms with Gasteiger partial charge in [0.1, 0.15) is 5.41 Å². The van der Waals surface area contributed by atoms with E-state index in [4.69, 9.17) is 0 Å². The van der Waals surface area contributed by atoms with Gasteiger partial charge in [0.25, 0.3) is 5.91 Å². The molecule has 0 radical (unpaired) electrons. The molecule has 8 heteroatoms. The number of aliphatic hydroxyl groups is 1. The normalized spacial score (nSPS) is 22.3.